The zero-order chi connectivity index (χ0) is 11.9. The average Bonchev–Trinajstić information content (AvgIpc) is 2.82. The summed E-state index contributed by atoms with van der Waals surface area (Å²) >= 11 is 3.44. The van der Waals surface area contributed by atoms with Gasteiger partial charge >= 0.3 is 0 Å². The number of halogens is 1. The minimum absolute atomic E-state index is 0.320. The van der Waals surface area contributed by atoms with Crippen molar-refractivity contribution < 1.29 is 9.47 Å². The molecular weight excluding hydrogens is 282 g/mol. The Morgan fingerprint density at radius 1 is 1.47 bits per heavy atom. The summed E-state index contributed by atoms with van der Waals surface area (Å²) in [6, 6.07) is 8.13. The molecule has 1 heterocycles. The summed E-state index contributed by atoms with van der Waals surface area (Å²) in [5.74, 6) is 0. The van der Waals surface area contributed by atoms with Gasteiger partial charge in [0.15, 0.2) is 0 Å². The van der Waals surface area contributed by atoms with Crippen LogP contribution in [0.4, 0.5) is 5.69 Å². The molecule has 1 atom stereocenters. The minimum Gasteiger partial charge on any atom is -0.383 e. The molecule has 1 fully saturated rings. The van der Waals surface area contributed by atoms with Crippen LogP contribution in [0.15, 0.2) is 28.7 Å². The van der Waals surface area contributed by atoms with E-state index in [0.717, 1.165) is 36.3 Å². The highest BCUT2D eigenvalue weighted by Gasteiger charge is 2.14. The van der Waals surface area contributed by atoms with Crippen LogP contribution in [0.5, 0.6) is 0 Å². The molecule has 1 aliphatic rings. The first-order valence-electron chi connectivity index (χ1n) is 6.03. The second kappa shape index (κ2) is 6.99. The summed E-state index contributed by atoms with van der Waals surface area (Å²) in [6.07, 6.45) is 2.63. The van der Waals surface area contributed by atoms with Gasteiger partial charge in [0, 0.05) is 23.3 Å². The Kier molecular flexibility index (Phi) is 5.29. The SMILES string of the molecule is Brc1cccc(NCCOCC2CCCO2)c1. The van der Waals surface area contributed by atoms with Crippen LogP contribution in [0.3, 0.4) is 0 Å². The lowest BCUT2D eigenvalue weighted by Gasteiger charge is -2.11. The first kappa shape index (κ1) is 12.9. The van der Waals surface area contributed by atoms with Crippen LogP contribution >= 0.6 is 15.9 Å². The summed E-state index contributed by atoms with van der Waals surface area (Å²) in [4.78, 5) is 0. The molecule has 2 rings (SSSR count). The van der Waals surface area contributed by atoms with Gasteiger partial charge in [-0.3, -0.25) is 0 Å². The number of rotatable bonds is 6. The molecule has 0 aliphatic carbocycles. The Morgan fingerprint density at radius 3 is 3.18 bits per heavy atom. The lowest BCUT2D eigenvalue weighted by atomic mass is 10.2. The van der Waals surface area contributed by atoms with E-state index >= 15 is 0 Å². The van der Waals surface area contributed by atoms with Crippen molar-refractivity contribution in [3.05, 3.63) is 28.7 Å². The smallest absolute Gasteiger partial charge is 0.0809 e. The maximum Gasteiger partial charge on any atom is 0.0809 e. The van der Waals surface area contributed by atoms with E-state index < -0.39 is 0 Å². The zero-order valence-corrected chi connectivity index (χ0v) is 11.4. The molecule has 0 spiro atoms. The van der Waals surface area contributed by atoms with Crippen LogP contribution in [0.25, 0.3) is 0 Å². The van der Waals surface area contributed by atoms with Gasteiger partial charge in [-0.2, -0.15) is 0 Å². The average molecular weight is 300 g/mol. The second-order valence-electron chi connectivity index (χ2n) is 4.15. The molecule has 1 aliphatic heterocycles. The summed E-state index contributed by atoms with van der Waals surface area (Å²) in [5, 5.41) is 3.32. The predicted octanol–water partition coefficient (Wildman–Crippen LogP) is 3.06. The van der Waals surface area contributed by atoms with Gasteiger partial charge in [-0.1, -0.05) is 22.0 Å². The lowest BCUT2D eigenvalue weighted by Crippen LogP contribution is -2.17. The Labute approximate surface area is 111 Å². The van der Waals surface area contributed by atoms with Gasteiger partial charge in [-0.05, 0) is 31.0 Å². The quantitative estimate of drug-likeness (QED) is 0.819. The minimum atomic E-state index is 0.320. The van der Waals surface area contributed by atoms with Crippen LogP contribution in [-0.2, 0) is 9.47 Å². The fraction of sp³-hybridized carbons (Fsp3) is 0.538. The standard InChI is InChI=1S/C13H18BrNO2/c14-11-3-1-4-12(9-11)15-6-8-16-10-13-5-2-7-17-13/h1,3-4,9,13,15H,2,5-8,10H2. The Balaban J connectivity index is 1.56. The normalized spacial score (nSPS) is 19.5. The third kappa shape index (κ3) is 4.66. The van der Waals surface area contributed by atoms with E-state index in [-0.39, 0.29) is 0 Å². The molecule has 0 amide bonds. The fourth-order valence-electron chi connectivity index (χ4n) is 1.86. The van der Waals surface area contributed by atoms with Gasteiger partial charge in [0.1, 0.15) is 0 Å². The van der Waals surface area contributed by atoms with Crippen molar-refractivity contribution in [1.82, 2.24) is 0 Å². The number of benzene rings is 1. The Hall–Kier alpha value is -0.580. The molecule has 1 N–H and O–H groups in total. The highest BCUT2D eigenvalue weighted by atomic mass is 79.9. The van der Waals surface area contributed by atoms with E-state index in [1.165, 1.54) is 6.42 Å². The molecule has 17 heavy (non-hydrogen) atoms. The monoisotopic (exact) mass is 299 g/mol. The Bertz CT molecular complexity index is 340. The number of ether oxygens (including phenoxy) is 2. The lowest BCUT2D eigenvalue weighted by molar-refractivity contribution is 0.0206. The first-order chi connectivity index (χ1) is 8.34. The molecule has 0 aromatic heterocycles. The van der Waals surface area contributed by atoms with Crippen molar-refractivity contribution >= 4 is 21.6 Å². The first-order valence-corrected chi connectivity index (χ1v) is 6.83. The molecule has 1 aromatic rings. The van der Waals surface area contributed by atoms with E-state index in [2.05, 4.69) is 27.3 Å². The molecule has 3 nitrogen and oxygen atoms in total. The van der Waals surface area contributed by atoms with Crippen molar-refractivity contribution in [2.45, 2.75) is 18.9 Å². The van der Waals surface area contributed by atoms with Gasteiger partial charge in [0.25, 0.3) is 0 Å². The maximum absolute atomic E-state index is 5.57. The fourth-order valence-corrected chi connectivity index (χ4v) is 2.26. The van der Waals surface area contributed by atoms with Crippen LogP contribution < -0.4 is 5.32 Å². The second-order valence-corrected chi connectivity index (χ2v) is 5.06. The van der Waals surface area contributed by atoms with Crippen molar-refractivity contribution in [1.29, 1.82) is 0 Å². The van der Waals surface area contributed by atoms with Crippen molar-refractivity contribution in [3.8, 4) is 0 Å². The number of anilines is 1. The highest BCUT2D eigenvalue weighted by Crippen LogP contribution is 2.15. The summed E-state index contributed by atoms with van der Waals surface area (Å²) in [6.45, 7) is 3.15. The third-order valence-electron chi connectivity index (χ3n) is 2.73. The molecule has 4 heteroatoms. The van der Waals surface area contributed by atoms with Crippen LogP contribution in [0.1, 0.15) is 12.8 Å². The van der Waals surface area contributed by atoms with Crippen LogP contribution in [0, 0.1) is 0 Å². The van der Waals surface area contributed by atoms with E-state index in [0.29, 0.717) is 12.7 Å². The zero-order valence-electron chi connectivity index (χ0n) is 9.82. The Morgan fingerprint density at radius 2 is 2.41 bits per heavy atom. The molecular formula is C13H18BrNO2. The van der Waals surface area contributed by atoms with Gasteiger partial charge in [-0.15, -0.1) is 0 Å². The van der Waals surface area contributed by atoms with Crippen molar-refractivity contribution in [2.24, 2.45) is 0 Å². The van der Waals surface area contributed by atoms with Crippen LogP contribution in [-0.4, -0.2) is 32.5 Å². The molecule has 0 saturated carbocycles. The van der Waals surface area contributed by atoms with Crippen LogP contribution in [0.2, 0.25) is 0 Å². The largest absolute Gasteiger partial charge is 0.383 e. The highest BCUT2D eigenvalue weighted by molar-refractivity contribution is 9.10. The van der Waals surface area contributed by atoms with E-state index in [1.54, 1.807) is 0 Å². The van der Waals surface area contributed by atoms with Gasteiger partial charge < -0.3 is 14.8 Å². The van der Waals surface area contributed by atoms with Gasteiger partial charge in [-0.25, -0.2) is 0 Å². The van der Waals surface area contributed by atoms with E-state index in [4.69, 9.17) is 9.47 Å². The molecule has 1 aromatic carbocycles. The molecule has 1 unspecified atom stereocenters. The number of hydrogen-bond acceptors (Lipinski definition) is 3. The topological polar surface area (TPSA) is 30.5 Å². The van der Waals surface area contributed by atoms with Crippen molar-refractivity contribution in [2.75, 3.05) is 31.7 Å². The molecule has 0 bridgehead atoms. The van der Waals surface area contributed by atoms with Gasteiger partial charge in [0.2, 0.25) is 0 Å². The summed E-state index contributed by atoms with van der Waals surface area (Å²) < 4.78 is 12.1. The third-order valence-corrected chi connectivity index (χ3v) is 3.22. The van der Waals surface area contributed by atoms with Gasteiger partial charge in [0.05, 0.1) is 19.3 Å². The number of hydrogen-bond donors (Lipinski definition) is 1. The molecule has 1 saturated heterocycles. The van der Waals surface area contributed by atoms with E-state index in [1.807, 2.05) is 18.2 Å². The molecule has 0 radical (unpaired) electrons. The molecule has 94 valence electrons. The summed E-state index contributed by atoms with van der Waals surface area (Å²) in [5.41, 5.74) is 1.11. The van der Waals surface area contributed by atoms with Crippen molar-refractivity contribution in [3.63, 3.8) is 0 Å². The predicted molar refractivity (Wildman–Crippen MR) is 72.4 cm³/mol. The number of nitrogens with one attached hydrogen (secondary N) is 1. The van der Waals surface area contributed by atoms with E-state index in [9.17, 15) is 0 Å². The summed E-state index contributed by atoms with van der Waals surface area (Å²) in [7, 11) is 0. The maximum atomic E-state index is 5.57.